The molecule has 6 nitrogen and oxygen atoms in total. The Bertz CT molecular complexity index is 951. The Morgan fingerprint density at radius 2 is 1.69 bits per heavy atom. The number of rotatable bonds is 8. The summed E-state index contributed by atoms with van der Waals surface area (Å²) in [7, 11) is -0.482. The van der Waals surface area contributed by atoms with Crippen LogP contribution in [0.2, 0.25) is 0 Å². The summed E-state index contributed by atoms with van der Waals surface area (Å²) in [6.45, 7) is 8.18. The Balaban J connectivity index is 1.98. The molecule has 2 aromatic carbocycles. The normalized spacial score (nSPS) is 12.8. The monoisotopic (exact) mass is 418 g/mol. The standard InChI is InChI=1S/C22H30N2O4S/c1-15(2)19-10-7-16(3)21(13-19)28-17(4)22(25)23-14-18-8-11-20(12-9-18)29(26,27)24(5)6/h7-13,15,17H,14H2,1-6H3,(H,23,25). The van der Waals surface area contributed by atoms with Crippen molar-refractivity contribution in [1.29, 1.82) is 0 Å². The number of carbonyl (C=O) groups is 1. The number of sulfonamides is 1. The molecule has 0 saturated heterocycles. The van der Waals surface area contributed by atoms with Crippen LogP contribution in [-0.2, 0) is 21.4 Å². The summed E-state index contributed by atoms with van der Waals surface area (Å²) in [5.41, 5.74) is 2.94. The van der Waals surface area contributed by atoms with Gasteiger partial charge in [0.25, 0.3) is 5.91 Å². The maximum Gasteiger partial charge on any atom is 0.261 e. The Hall–Kier alpha value is -2.38. The fourth-order valence-electron chi connectivity index (χ4n) is 2.67. The average molecular weight is 419 g/mol. The van der Waals surface area contributed by atoms with E-state index in [9.17, 15) is 13.2 Å². The van der Waals surface area contributed by atoms with E-state index in [1.54, 1.807) is 19.1 Å². The second kappa shape index (κ2) is 9.41. The van der Waals surface area contributed by atoms with Gasteiger partial charge in [0.15, 0.2) is 6.10 Å². The van der Waals surface area contributed by atoms with E-state index < -0.39 is 16.1 Å². The Morgan fingerprint density at radius 3 is 2.24 bits per heavy atom. The van der Waals surface area contributed by atoms with Crippen molar-refractivity contribution in [2.24, 2.45) is 0 Å². The molecule has 7 heteroatoms. The van der Waals surface area contributed by atoms with Gasteiger partial charge >= 0.3 is 0 Å². The molecule has 0 fully saturated rings. The molecule has 0 aliphatic carbocycles. The molecule has 2 aromatic rings. The molecule has 1 unspecified atom stereocenters. The maximum atomic E-state index is 12.4. The van der Waals surface area contributed by atoms with E-state index in [2.05, 4.69) is 25.2 Å². The third-order valence-corrected chi connectivity index (χ3v) is 6.55. The first-order chi connectivity index (χ1) is 13.5. The summed E-state index contributed by atoms with van der Waals surface area (Å²) in [5.74, 6) is 0.850. The van der Waals surface area contributed by atoms with E-state index in [1.807, 2.05) is 19.1 Å². The Morgan fingerprint density at radius 1 is 1.07 bits per heavy atom. The van der Waals surface area contributed by atoms with Crippen molar-refractivity contribution in [3.05, 3.63) is 59.2 Å². The lowest BCUT2D eigenvalue weighted by molar-refractivity contribution is -0.127. The van der Waals surface area contributed by atoms with Crippen LogP contribution in [0.5, 0.6) is 5.75 Å². The van der Waals surface area contributed by atoms with Gasteiger partial charge in [-0.15, -0.1) is 0 Å². The molecule has 0 bridgehead atoms. The summed E-state index contributed by atoms with van der Waals surface area (Å²) < 4.78 is 31.3. The largest absolute Gasteiger partial charge is 0.481 e. The topological polar surface area (TPSA) is 75.7 Å². The molecule has 0 aliphatic rings. The smallest absolute Gasteiger partial charge is 0.261 e. The van der Waals surface area contributed by atoms with Crippen LogP contribution in [-0.4, -0.2) is 38.8 Å². The highest BCUT2D eigenvalue weighted by Crippen LogP contribution is 2.25. The van der Waals surface area contributed by atoms with Crippen molar-refractivity contribution < 1.29 is 17.9 Å². The molecule has 0 radical (unpaired) electrons. The van der Waals surface area contributed by atoms with Crippen molar-refractivity contribution in [3.63, 3.8) is 0 Å². The number of ether oxygens (including phenoxy) is 1. The van der Waals surface area contributed by atoms with Gasteiger partial charge in [0.05, 0.1) is 4.90 Å². The van der Waals surface area contributed by atoms with Gasteiger partial charge in [0.1, 0.15) is 5.75 Å². The number of carbonyl (C=O) groups excluding carboxylic acids is 1. The Labute approximate surface area is 173 Å². The molecule has 0 saturated carbocycles. The molecule has 2 rings (SSSR count). The van der Waals surface area contributed by atoms with Crippen LogP contribution in [0.4, 0.5) is 0 Å². The first-order valence-electron chi connectivity index (χ1n) is 9.58. The molecule has 158 valence electrons. The van der Waals surface area contributed by atoms with Crippen molar-refractivity contribution in [1.82, 2.24) is 9.62 Å². The second-order valence-electron chi connectivity index (χ2n) is 7.59. The van der Waals surface area contributed by atoms with Gasteiger partial charge in [0, 0.05) is 20.6 Å². The molecule has 1 amide bonds. The predicted octanol–water partition coefficient (Wildman–Crippen LogP) is 3.45. The predicted molar refractivity (Wildman–Crippen MR) is 115 cm³/mol. The van der Waals surface area contributed by atoms with Gasteiger partial charge in [-0.1, -0.05) is 38.1 Å². The van der Waals surface area contributed by atoms with Crippen LogP contribution < -0.4 is 10.1 Å². The van der Waals surface area contributed by atoms with E-state index in [1.165, 1.54) is 30.5 Å². The fourth-order valence-corrected chi connectivity index (χ4v) is 3.57. The second-order valence-corrected chi connectivity index (χ2v) is 9.74. The van der Waals surface area contributed by atoms with E-state index in [0.717, 1.165) is 16.7 Å². The number of nitrogens with zero attached hydrogens (tertiary/aromatic N) is 1. The van der Waals surface area contributed by atoms with Crippen molar-refractivity contribution >= 4 is 15.9 Å². The molecular weight excluding hydrogens is 388 g/mol. The van der Waals surface area contributed by atoms with Gasteiger partial charge in [-0.05, 0) is 54.7 Å². The van der Waals surface area contributed by atoms with Gasteiger partial charge < -0.3 is 10.1 Å². The van der Waals surface area contributed by atoms with Crippen LogP contribution in [0.15, 0.2) is 47.4 Å². The van der Waals surface area contributed by atoms with Crippen LogP contribution in [0.1, 0.15) is 43.4 Å². The summed E-state index contributed by atoms with van der Waals surface area (Å²) >= 11 is 0. The molecule has 0 aromatic heterocycles. The fraction of sp³-hybridized carbons (Fsp3) is 0.409. The van der Waals surface area contributed by atoms with Crippen LogP contribution in [0, 0.1) is 6.92 Å². The minimum absolute atomic E-state index is 0.217. The van der Waals surface area contributed by atoms with E-state index in [-0.39, 0.29) is 10.8 Å². The van der Waals surface area contributed by atoms with Crippen molar-refractivity contribution in [2.45, 2.75) is 51.2 Å². The first-order valence-corrected chi connectivity index (χ1v) is 11.0. The highest BCUT2D eigenvalue weighted by molar-refractivity contribution is 7.89. The first kappa shape index (κ1) is 22.9. The summed E-state index contributed by atoms with van der Waals surface area (Å²) in [5, 5.41) is 2.83. The van der Waals surface area contributed by atoms with Gasteiger partial charge in [-0.2, -0.15) is 0 Å². The summed E-state index contributed by atoms with van der Waals surface area (Å²) in [6, 6.07) is 12.5. The number of hydrogen-bond acceptors (Lipinski definition) is 4. The van der Waals surface area contributed by atoms with Crippen LogP contribution in [0.3, 0.4) is 0 Å². The quantitative estimate of drug-likeness (QED) is 0.712. The van der Waals surface area contributed by atoms with Crippen LogP contribution >= 0.6 is 0 Å². The zero-order valence-electron chi connectivity index (χ0n) is 17.9. The third-order valence-electron chi connectivity index (χ3n) is 4.72. The number of aryl methyl sites for hydroxylation is 1. The minimum Gasteiger partial charge on any atom is -0.481 e. The zero-order chi connectivity index (χ0) is 21.8. The summed E-state index contributed by atoms with van der Waals surface area (Å²) in [6.07, 6.45) is -0.649. The minimum atomic E-state index is -3.46. The number of benzene rings is 2. The molecule has 0 spiro atoms. The molecule has 0 aliphatic heterocycles. The lowest BCUT2D eigenvalue weighted by Crippen LogP contribution is -2.36. The highest BCUT2D eigenvalue weighted by Gasteiger charge is 2.18. The van der Waals surface area contributed by atoms with Crippen LogP contribution in [0.25, 0.3) is 0 Å². The van der Waals surface area contributed by atoms with E-state index in [4.69, 9.17) is 4.74 Å². The summed E-state index contributed by atoms with van der Waals surface area (Å²) in [4.78, 5) is 12.6. The average Bonchev–Trinajstić information content (AvgIpc) is 2.67. The molecular formula is C22H30N2O4S. The third kappa shape index (κ3) is 5.81. The SMILES string of the molecule is Cc1ccc(C(C)C)cc1OC(C)C(=O)NCc1ccc(S(=O)(=O)N(C)C)cc1. The van der Waals surface area contributed by atoms with Crippen molar-refractivity contribution in [3.8, 4) is 5.75 Å². The Kier molecular flexibility index (Phi) is 7.43. The lowest BCUT2D eigenvalue weighted by atomic mass is 10.0. The highest BCUT2D eigenvalue weighted by atomic mass is 32.2. The van der Waals surface area contributed by atoms with E-state index in [0.29, 0.717) is 18.2 Å². The number of nitrogens with one attached hydrogen (secondary N) is 1. The molecule has 0 heterocycles. The van der Waals surface area contributed by atoms with Gasteiger partial charge in [0.2, 0.25) is 10.0 Å². The van der Waals surface area contributed by atoms with Crippen molar-refractivity contribution in [2.75, 3.05) is 14.1 Å². The number of amides is 1. The van der Waals surface area contributed by atoms with E-state index >= 15 is 0 Å². The molecule has 1 atom stereocenters. The molecule has 1 N–H and O–H groups in total. The zero-order valence-corrected chi connectivity index (χ0v) is 18.7. The maximum absolute atomic E-state index is 12.4. The molecule has 29 heavy (non-hydrogen) atoms. The van der Waals surface area contributed by atoms with Gasteiger partial charge in [-0.3, -0.25) is 4.79 Å². The number of hydrogen-bond donors (Lipinski definition) is 1. The lowest BCUT2D eigenvalue weighted by Gasteiger charge is -2.18. The van der Waals surface area contributed by atoms with Gasteiger partial charge in [-0.25, -0.2) is 12.7 Å².